The maximum atomic E-state index is 12.8. The normalized spacial score (nSPS) is 12.1. The Kier molecular flexibility index (Phi) is 5.59. The van der Waals surface area contributed by atoms with Gasteiger partial charge in [0.15, 0.2) is 0 Å². The molecule has 2 N–H and O–H groups in total. The molecule has 0 bridgehead atoms. The molecule has 150 valence electrons. The first-order chi connectivity index (χ1) is 13.0. The number of sulfonamides is 2. The van der Waals surface area contributed by atoms with Crippen molar-refractivity contribution in [2.75, 3.05) is 9.44 Å². The zero-order chi connectivity index (χ0) is 20.7. The minimum Gasteiger partial charge on any atom is -0.277 e. The van der Waals surface area contributed by atoms with Crippen LogP contribution in [0.1, 0.15) is 22.3 Å². The molecule has 1 aromatic carbocycles. The molecule has 0 aliphatic heterocycles. The molecule has 0 saturated carbocycles. The van der Waals surface area contributed by atoms with E-state index in [0.717, 1.165) is 33.8 Å². The van der Waals surface area contributed by atoms with Crippen LogP contribution in [0.2, 0.25) is 0 Å². The molecule has 2 heterocycles. The Balaban J connectivity index is 2.17. The molecule has 3 aromatic rings. The van der Waals surface area contributed by atoms with Gasteiger partial charge in [0.1, 0.15) is 8.42 Å². The van der Waals surface area contributed by atoms with Crippen molar-refractivity contribution in [3.63, 3.8) is 0 Å². The van der Waals surface area contributed by atoms with Gasteiger partial charge in [-0.1, -0.05) is 12.1 Å². The number of rotatable bonds is 6. The topological polar surface area (TPSA) is 92.3 Å². The molecule has 0 unspecified atom stereocenters. The Bertz CT molecular complexity index is 1110. The SMILES string of the molecule is Cc1c(C)c(C)c(NS(=O)(=O)c2cccs2)c(NS(=O)(=O)c2cccs2)c1C. The van der Waals surface area contributed by atoms with Crippen molar-refractivity contribution in [3.8, 4) is 0 Å². The lowest BCUT2D eigenvalue weighted by Crippen LogP contribution is -2.19. The molecular formula is C18H20N2O4S4. The van der Waals surface area contributed by atoms with Crippen molar-refractivity contribution in [2.24, 2.45) is 0 Å². The number of hydrogen-bond acceptors (Lipinski definition) is 6. The van der Waals surface area contributed by atoms with Gasteiger partial charge in [0.05, 0.1) is 11.4 Å². The highest BCUT2D eigenvalue weighted by molar-refractivity contribution is 7.95. The van der Waals surface area contributed by atoms with E-state index in [-0.39, 0.29) is 19.8 Å². The van der Waals surface area contributed by atoms with Crippen LogP contribution in [0.25, 0.3) is 0 Å². The van der Waals surface area contributed by atoms with Gasteiger partial charge in [0, 0.05) is 0 Å². The molecule has 0 aliphatic rings. The number of benzene rings is 1. The fourth-order valence-electron chi connectivity index (χ4n) is 2.77. The highest BCUT2D eigenvalue weighted by Gasteiger charge is 2.25. The lowest BCUT2D eigenvalue weighted by molar-refractivity contribution is 0.600. The second kappa shape index (κ2) is 7.51. The molecule has 0 radical (unpaired) electrons. The van der Waals surface area contributed by atoms with Gasteiger partial charge in [0.25, 0.3) is 20.0 Å². The van der Waals surface area contributed by atoms with Crippen LogP contribution in [0, 0.1) is 27.7 Å². The Hall–Kier alpha value is -1.88. The van der Waals surface area contributed by atoms with E-state index in [1.54, 1.807) is 36.7 Å². The molecule has 0 atom stereocenters. The largest absolute Gasteiger partial charge is 0.277 e. The first-order valence-corrected chi connectivity index (χ1v) is 13.0. The van der Waals surface area contributed by atoms with Crippen LogP contribution in [-0.4, -0.2) is 16.8 Å². The van der Waals surface area contributed by atoms with Crippen molar-refractivity contribution in [3.05, 3.63) is 57.3 Å². The average Bonchev–Trinajstić information content (AvgIpc) is 3.34. The molecule has 0 fully saturated rings. The monoisotopic (exact) mass is 456 g/mol. The number of hydrogen-bond donors (Lipinski definition) is 2. The van der Waals surface area contributed by atoms with Crippen LogP contribution in [-0.2, 0) is 20.0 Å². The van der Waals surface area contributed by atoms with E-state index < -0.39 is 20.0 Å². The van der Waals surface area contributed by atoms with E-state index in [1.165, 1.54) is 12.1 Å². The van der Waals surface area contributed by atoms with Gasteiger partial charge in [-0.25, -0.2) is 16.8 Å². The molecule has 0 aliphatic carbocycles. The third kappa shape index (κ3) is 3.82. The molecule has 28 heavy (non-hydrogen) atoms. The molecule has 0 saturated heterocycles. The Labute approximate surface area is 173 Å². The standard InChI is InChI=1S/C18H20N2O4S4/c1-11-12(2)14(4)18(20-28(23,24)16-8-6-10-26-16)17(13(11)3)19-27(21,22)15-7-5-9-25-15/h5-10,19-20H,1-4H3. The highest BCUT2D eigenvalue weighted by Crippen LogP contribution is 2.38. The van der Waals surface area contributed by atoms with Crippen molar-refractivity contribution in [1.82, 2.24) is 0 Å². The summed E-state index contributed by atoms with van der Waals surface area (Å²) in [5.74, 6) is 0. The van der Waals surface area contributed by atoms with Crippen molar-refractivity contribution in [1.29, 1.82) is 0 Å². The van der Waals surface area contributed by atoms with Crippen LogP contribution < -0.4 is 9.44 Å². The zero-order valence-corrected chi connectivity index (χ0v) is 19.0. The van der Waals surface area contributed by atoms with Gasteiger partial charge in [0.2, 0.25) is 0 Å². The second-order valence-electron chi connectivity index (χ2n) is 6.33. The molecule has 10 heteroatoms. The van der Waals surface area contributed by atoms with Crippen molar-refractivity contribution in [2.45, 2.75) is 36.1 Å². The predicted molar refractivity (Wildman–Crippen MR) is 116 cm³/mol. The molecular weight excluding hydrogens is 436 g/mol. The van der Waals surface area contributed by atoms with Crippen LogP contribution >= 0.6 is 22.7 Å². The average molecular weight is 457 g/mol. The molecule has 0 spiro atoms. The van der Waals surface area contributed by atoms with Crippen LogP contribution in [0.5, 0.6) is 0 Å². The lowest BCUT2D eigenvalue weighted by atomic mass is 9.96. The van der Waals surface area contributed by atoms with Crippen molar-refractivity contribution >= 4 is 54.1 Å². The fourth-order valence-corrected chi connectivity index (χ4v) is 7.03. The molecule has 2 aromatic heterocycles. The van der Waals surface area contributed by atoms with Crippen molar-refractivity contribution < 1.29 is 16.8 Å². The summed E-state index contributed by atoms with van der Waals surface area (Å²) in [6, 6.07) is 6.31. The lowest BCUT2D eigenvalue weighted by Gasteiger charge is -2.22. The minimum atomic E-state index is -3.83. The van der Waals surface area contributed by atoms with Gasteiger partial charge >= 0.3 is 0 Å². The highest BCUT2D eigenvalue weighted by atomic mass is 32.3. The van der Waals surface area contributed by atoms with Crippen LogP contribution in [0.15, 0.2) is 43.4 Å². The minimum absolute atomic E-state index is 0.162. The predicted octanol–water partition coefficient (Wildman–Crippen LogP) is 4.64. The quantitative estimate of drug-likeness (QED) is 0.565. The maximum absolute atomic E-state index is 12.8. The summed E-state index contributed by atoms with van der Waals surface area (Å²) in [7, 11) is -7.67. The Morgan fingerprint density at radius 2 is 1.00 bits per heavy atom. The summed E-state index contributed by atoms with van der Waals surface area (Å²) in [4.78, 5) is 0. The zero-order valence-electron chi connectivity index (χ0n) is 15.7. The first-order valence-electron chi connectivity index (χ1n) is 8.27. The summed E-state index contributed by atoms with van der Waals surface area (Å²) in [5.41, 5.74) is 3.64. The van der Waals surface area contributed by atoms with E-state index in [1.807, 2.05) is 13.8 Å². The third-order valence-corrected chi connectivity index (χ3v) is 10.2. The molecule has 3 rings (SSSR count). The van der Waals surface area contributed by atoms with Gasteiger partial charge in [-0.15, -0.1) is 22.7 Å². The second-order valence-corrected chi connectivity index (χ2v) is 12.0. The third-order valence-electron chi connectivity index (χ3n) is 4.68. The van der Waals surface area contributed by atoms with Gasteiger partial charge in [-0.3, -0.25) is 9.44 Å². The summed E-state index contributed by atoms with van der Waals surface area (Å²) in [5, 5.41) is 3.35. The van der Waals surface area contributed by atoms with E-state index in [4.69, 9.17) is 0 Å². The number of anilines is 2. The summed E-state index contributed by atoms with van der Waals surface area (Å²) < 4.78 is 56.7. The molecule has 6 nitrogen and oxygen atoms in total. The van der Waals surface area contributed by atoms with Crippen LogP contribution in [0.4, 0.5) is 11.4 Å². The van der Waals surface area contributed by atoms with E-state index in [9.17, 15) is 16.8 Å². The first kappa shape index (κ1) is 20.8. The summed E-state index contributed by atoms with van der Waals surface area (Å²) in [6.07, 6.45) is 0. The summed E-state index contributed by atoms with van der Waals surface area (Å²) in [6.45, 7) is 7.32. The van der Waals surface area contributed by atoms with Gasteiger partial charge < -0.3 is 0 Å². The van der Waals surface area contributed by atoms with E-state index >= 15 is 0 Å². The smallest absolute Gasteiger partial charge is 0.271 e. The fraction of sp³-hybridized carbons (Fsp3) is 0.222. The van der Waals surface area contributed by atoms with E-state index in [0.29, 0.717) is 11.1 Å². The molecule has 0 amide bonds. The summed E-state index contributed by atoms with van der Waals surface area (Å²) >= 11 is 2.19. The van der Waals surface area contributed by atoms with E-state index in [2.05, 4.69) is 9.44 Å². The maximum Gasteiger partial charge on any atom is 0.271 e. The Morgan fingerprint density at radius 1 is 0.643 bits per heavy atom. The van der Waals surface area contributed by atoms with Gasteiger partial charge in [-0.05, 0) is 72.8 Å². The number of nitrogens with one attached hydrogen (secondary N) is 2. The Morgan fingerprint density at radius 3 is 1.29 bits per heavy atom. The number of thiophene rings is 2. The van der Waals surface area contributed by atoms with Crippen LogP contribution in [0.3, 0.4) is 0 Å². The van der Waals surface area contributed by atoms with Gasteiger partial charge in [-0.2, -0.15) is 0 Å².